The molecular formula is C11H19N3O3. The summed E-state index contributed by atoms with van der Waals surface area (Å²) in [5.41, 5.74) is 1.24. The number of H-pyrrole nitrogens is 1. The van der Waals surface area contributed by atoms with E-state index in [-0.39, 0.29) is 19.1 Å². The van der Waals surface area contributed by atoms with E-state index >= 15 is 0 Å². The highest BCUT2D eigenvalue weighted by atomic mass is 16.5. The molecule has 0 aromatic carbocycles. The van der Waals surface area contributed by atoms with E-state index in [1.807, 2.05) is 13.8 Å². The molecule has 1 aromatic rings. The smallest absolute Gasteiger partial charge is 0.271 e. The molecule has 0 aliphatic rings. The zero-order valence-electron chi connectivity index (χ0n) is 10.4. The summed E-state index contributed by atoms with van der Waals surface area (Å²) in [5, 5.41) is 18.7. The summed E-state index contributed by atoms with van der Waals surface area (Å²) in [5.74, 6) is -0.00793. The summed E-state index contributed by atoms with van der Waals surface area (Å²) in [6.07, 6.45) is -0.701. The van der Waals surface area contributed by atoms with Crippen LogP contribution in [0.15, 0.2) is 6.07 Å². The second-order valence-electron chi connectivity index (χ2n) is 4.18. The van der Waals surface area contributed by atoms with Gasteiger partial charge in [-0.05, 0) is 12.0 Å². The summed E-state index contributed by atoms with van der Waals surface area (Å²) in [4.78, 5) is 11.6. The Kier molecular flexibility index (Phi) is 5.11. The first-order valence-electron chi connectivity index (χ1n) is 5.55. The predicted octanol–water partition coefficient (Wildman–Crippen LogP) is 0.270. The maximum atomic E-state index is 11.6. The van der Waals surface area contributed by atoms with Gasteiger partial charge in [0.25, 0.3) is 5.91 Å². The van der Waals surface area contributed by atoms with Crippen LogP contribution in [0.5, 0.6) is 0 Å². The van der Waals surface area contributed by atoms with Crippen molar-refractivity contribution >= 4 is 5.91 Å². The molecule has 1 rings (SSSR count). The van der Waals surface area contributed by atoms with Crippen molar-refractivity contribution in [1.82, 2.24) is 15.5 Å². The summed E-state index contributed by atoms with van der Waals surface area (Å²) >= 11 is 0. The van der Waals surface area contributed by atoms with Crippen LogP contribution in [0.1, 0.15) is 35.9 Å². The Balaban J connectivity index is 2.46. The van der Waals surface area contributed by atoms with Gasteiger partial charge < -0.3 is 15.2 Å². The normalized spacial score (nSPS) is 12.8. The number of rotatable bonds is 6. The fraction of sp³-hybridized carbons (Fsp3) is 0.636. The monoisotopic (exact) mass is 241 g/mol. The van der Waals surface area contributed by atoms with E-state index in [1.165, 1.54) is 7.11 Å². The minimum Gasteiger partial charge on any atom is -0.389 e. The van der Waals surface area contributed by atoms with E-state index in [1.54, 1.807) is 6.07 Å². The highest BCUT2D eigenvalue weighted by molar-refractivity contribution is 5.92. The first-order chi connectivity index (χ1) is 8.04. The highest BCUT2D eigenvalue weighted by Gasteiger charge is 2.13. The van der Waals surface area contributed by atoms with E-state index in [0.717, 1.165) is 5.69 Å². The predicted molar refractivity (Wildman–Crippen MR) is 62.9 cm³/mol. The molecule has 0 fully saturated rings. The van der Waals surface area contributed by atoms with Gasteiger partial charge >= 0.3 is 0 Å². The molecule has 1 amide bonds. The number of methoxy groups -OCH3 is 1. The zero-order valence-corrected chi connectivity index (χ0v) is 10.4. The lowest BCUT2D eigenvalue weighted by molar-refractivity contribution is 0.0608. The van der Waals surface area contributed by atoms with Crippen LogP contribution in [0.3, 0.4) is 0 Å². The number of nitrogens with zero attached hydrogens (tertiary/aromatic N) is 1. The van der Waals surface area contributed by atoms with Crippen molar-refractivity contribution in [2.45, 2.75) is 25.9 Å². The second-order valence-corrected chi connectivity index (χ2v) is 4.18. The fourth-order valence-electron chi connectivity index (χ4n) is 1.30. The number of amides is 1. The standard InChI is InChI=1S/C11H19N3O3/c1-7(2)9-4-10(14-13-9)11(16)12-5-8(15)6-17-3/h4,7-8,15H,5-6H2,1-3H3,(H,12,16)(H,13,14). The average molecular weight is 241 g/mol. The third-order valence-corrected chi connectivity index (χ3v) is 2.31. The quantitative estimate of drug-likeness (QED) is 0.667. The number of nitrogens with one attached hydrogen (secondary N) is 2. The van der Waals surface area contributed by atoms with Crippen molar-refractivity contribution in [3.05, 3.63) is 17.5 Å². The molecule has 0 aliphatic heterocycles. The van der Waals surface area contributed by atoms with Crippen molar-refractivity contribution in [2.75, 3.05) is 20.3 Å². The van der Waals surface area contributed by atoms with Crippen LogP contribution >= 0.6 is 0 Å². The summed E-state index contributed by atoms with van der Waals surface area (Å²) < 4.78 is 4.75. The Morgan fingerprint density at radius 1 is 1.65 bits per heavy atom. The number of aromatic nitrogens is 2. The van der Waals surface area contributed by atoms with Gasteiger partial charge in [-0.3, -0.25) is 9.89 Å². The minimum absolute atomic E-state index is 0.149. The average Bonchev–Trinajstić information content (AvgIpc) is 2.75. The lowest BCUT2D eigenvalue weighted by atomic mass is 10.1. The third-order valence-electron chi connectivity index (χ3n) is 2.31. The molecule has 17 heavy (non-hydrogen) atoms. The maximum Gasteiger partial charge on any atom is 0.271 e. The van der Waals surface area contributed by atoms with Gasteiger partial charge in [0, 0.05) is 19.3 Å². The first-order valence-corrected chi connectivity index (χ1v) is 5.55. The first kappa shape index (κ1) is 13.7. The number of aliphatic hydroxyl groups is 1. The van der Waals surface area contributed by atoms with Gasteiger partial charge in [-0.1, -0.05) is 13.8 Å². The third kappa shape index (κ3) is 4.16. The molecule has 6 nitrogen and oxygen atoms in total. The number of hydrogen-bond acceptors (Lipinski definition) is 4. The van der Waals surface area contributed by atoms with Crippen LogP contribution in [0.2, 0.25) is 0 Å². The number of aromatic amines is 1. The molecule has 0 bridgehead atoms. The van der Waals surface area contributed by atoms with Gasteiger partial charge in [-0.25, -0.2) is 0 Å². The number of ether oxygens (including phenoxy) is 1. The van der Waals surface area contributed by atoms with Crippen molar-refractivity contribution in [2.24, 2.45) is 0 Å². The van der Waals surface area contributed by atoms with Crippen LogP contribution in [0, 0.1) is 0 Å². The molecule has 1 heterocycles. The number of carbonyl (C=O) groups is 1. The number of aliphatic hydroxyl groups excluding tert-OH is 1. The molecule has 0 saturated carbocycles. The highest BCUT2D eigenvalue weighted by Crippen LogP contribution is 2.11. The van der Waals surface area contributed by atoms with Crippen LogP contribution in [0.4, 0.5) is 0 Å². The molecule has 6 heteroatoms. The molecule has 1 aromatic heterocycles. The Morgan fingerprint density at radius 2 is 2.35 bits per heavy atom. The van der Waals surface area contributed by atoms with Crippen molar-refractivity contribution in [3.8, 4) is 0 Å². The van der Waals surface area contributed by atoms with E-state index in [4.69, 9.17) is 4.74 Å². The SMILES string of the molecule is COCC(O)CNC(=O)c1cc(C(C)C)[nH]n1. The Hall–Kier alpha value is -1.40. The van der Waals surface area contributed by atoms with Crippen LogP contribution in [-0.4, -0.2) is 47.6 Å². The van der Waals surface area contributed by atoms with Crippen molar-refractivity contribution in [1.29, 1.82) is 0 Å². The fourth-order valence-corrected chi connectivity index (χ4v) is 1.30. The Bertz CT molecular complexity index is 363. The van der Waals surface area contributed by atoms with Crippen LogP contribution < -0.4 is 5.32 Å². The lowest BCUT2D eigenvalue weighted by Crippen LogP contribution is -2.34. The van der Waals surface area contributed by atoms with E-state index in [2.05, 4.69) is 15.5 Å². The van der Waals surface area contributed by atoms with Gasteiger partial charge in [-0.15, -0.1) is 0 Å². The number of carbonyl (C=O) groups excluding carboxylic acids is 1. The molecule has 0 aliphatic carbocycles. The van der Waals surface area contributed by atoms with Gasteiger partial charge in [0.15, 0.2) is 0 Å². The summed E-state index contributed by atoms with van der Waals surface area (Å²) in [6.45, 7) is 4.36. The molecule has 0 saturated heterocycles. The Morgan fingerprint density at radius 3 is 2.88 bits per heavy atom. The van der Waals surface area contributed by atoms with Crippen LogP contribution in [0.25, 0.3) is 0 Å². The molecule has 1 atom stereocenters. The molecule has 3 N–H and O–H groups in total. The maximum absolute atomic E-state index is 11.6. The topological polar surface area (TPSA) is 87.2 Å². The zero-order chi connectivity index (χ0) is 12.8. The summed E-state index contributed by atoms with van der Waals surface area (Å²) in [7, 11) is 1.49. The van der Waals surface area contributed by atoms with E-state index < -0.39 is 6.10 Å². The van der Waals surface area contributed by atoms with E-state index in [0.29, 0.717) is 11.6 Å². The molecule has 0 spiro atoms. The number of hydrogen-bond donors (Lipinski definition) is 3. The lowest BCUT2D eigenvalue weighted by Gasteiger charge is -2.09. The summed E-state index contributed by atoms with van der Waals surface area (Å²) in [6, 6.07) is 1.71. The second kappa shape index (κ2) is 6.36. The van der Waals surface area contributed by atoms with Gasteiger partial charge in [0.1, 0.15) is 5.69 Å². The van der Waals surface area contributed by atoms with Crippen LogP contribution in [-0.2, 0) is 4.74 Å². The molecule has 1 unspecified atom stereocenters. The van der Waals surface area contributed by atoms with Crippen molar-refractivity contribution < 1.29 is 14.6 Å². The van der Waals surface area contributed by atoms with Crippen molar-refractivity contribution in [3.63, 3.8) is 0 Å². The minimum atomic E-state index is -0.701. The molecular weight excluding hydrogens is 222 g/mol. The van der Waals surface area contributed by atoms with E-state index in [9.17, 15) is 9.90 Å². The largest absolute Gasteiger partial charge is 0.389 e. The molecule has 0 radical (unpaired) electrons. The van der Waals surface area contributed by atoms with Gasteiger partial charge in [0.05, 0.1) is 12.7 Å². The Labute approximate surface area is 100 Å². The van der Waals surface area contributed by atoms with Gasteiger partial charge in [0.2, 0.25) is 0 Å². The molecule has 96 valence electrons. The van der Waals surface area contributed by atoms with Gasteiger partial charge in [-0.2, -0.15) is 5.10 Å².